The third-order valence-electron chi connectivity index (χ3n) is 3.56. The number of alkyl halides is 1. The molecule has 96 valence electrons. The highest BCUT2D eigenvalue weighted by Crippen LogP contribution is 2.49. The van der Waals surface area contributed by atoms with Gasteiger partial charge in [0.25, 0.3) is 0 Å². The van der Waals surface area contributed by atoms with Gasteiger partial charge in [0.05, 0.1) is 18.7 Å². The number of methoxy groups -OCH3 is 1. The molecule has 2 aliphatic rings. The fraction of sp³-hybridized carbons (Fsp3) is 0.833. The van der Waals surface area contributed by atoms with Crippen molar-refractivity contribution in [3.05, 3.63) is 0 Å². The minimum atomic E-state index is -1.23. The van der Waals surface area contributed by atoms with Crippen LogP contribution in [0.15, 0.2) is 5.16 Å². The van der Waals surface area contributed by atoms with Crippen molar-refractivity contribution < 1.29 is 18.8 Å². The molecule has 1 aliphatic heterocycles. The molecule has 0 bridgehead atoms. The van der Waals surface area contributed by atoms with Crippen molar-refractivity contribution in [3.8, 4) is 0 Å². The number of carbonyl (C=O) groups excluding carboxylic acids is 1. The summed E-state index contributed by atoms with van der Waals surface area (Å²) in [4.78, 5) is 17.1. The predicted octanol–water partition coefficient (Wildman–Crippen LogP) is 2.08. The van der Waals surface area contributed by atoms with E-state index < -0.39 is 23.7 Å². The van der Waals surface area contributed by atoms with E-state index in [4.69, 9.17) is 9.57 Å². The maximum atomic E-state index is 14.0. The van der Waals surface area contributed by atoms with Gasteiger partial charge in [-0.2, -0.15) is 0 Å². The first-order chi connectivity index (χ1) is 7.83. The molecule has 3 atom stereocenters. The second-order valence-corrected chi connectivity index (χ2v) is 5.73. The normalized spacial score (nSPS) is 36.2. The highest BCUT2D eigenvalue weighted by atomic mass is 19.1. The molecule has 0 amide bonds. The minimum Gasteiger partial charge on any atom is -0.466 e. The highest BCUT2D eigenvalue weighted by Gasteiger charge is 2.64. The number of carbonyl (C=O) groups is 1. The van der Waals surface area contributed by atoms with E-state index in [1.165, 1.54) is 7.11 Å². The Bertz CT molecular complexity index is 374. The van der Waals surface area contributed by atoms with E-state index in [9.17, 15) is 9.18 Å². The first kappa shape index (κ1) is 12.3. The summed E-state index contributed by atoms with van der Waals surface area (Å²) in [5, 5.41) is 3.96. The molecule has 0 aromatic carbocycles. The van der Waals surface area contributed by atoms with Crippen molar-refractivity contribution in [2.45, 2.75) is 45.4 Å². The van der Waals surface area contributed by atoms with Crippen LogP contribution in [0.4, 0.5) is 4.39 Å². The minimum absolute atomic E-state index is 0.310. The zero-order valence-electron chi connectivity index (χ0n) is 10.6. The van der Waals surface area contributed by atoms with Gasteiger partial charge < -0.3 is 9.57 Å². The SMILES string of the molecule is COC(=O)C12CCC(F)C1C(C(C)(C)C)=NO2. The number of oxime groups is 1. The molecule has 0 N–H and O–H groups in total. The number of hydrogen-bond acceptors (Lipinski definition) is 4. The number of ether oxygens (including phenoxy) is 1. The predicted molar refractivity (Wildman–Crippen MR) is 60.3 cm³/mol. The molecular weight excluding hydrogens is 225 g/mol. The Morgan fingerprint density at radius 2 is 2.24 bits per heavy atom. The molecule has 5 heteroatoms. The zero-order valence-corrected chi connectivity index (χ0v) is 10.6. The van der Waals surface area contributed by atoms with E-state index in [1.54, 1.807) is 0 Å². The van der Waals surface area contributed by atoms with Crippen LogP contribution in [0, 0.1) is 11.3 Å². The highest BCUT2D eigenvalue weighted by molar-refractivity contribution is 5.99. The van der Waals surface area contributed by atoms with Crippen molar-refractivity contribution in [2.75, 3.05) is 7.11 Å². The fourth-order valence-corrected chi connectivity index (χ4v) is 2.69. The van der Waals surface area contributed by atoms with Crippen molar-refractivity contribution in [3.63, 3.8) is 0 Å². The second kappa shape index (κ2) is 3.68. The quantitative estimate of drug-likeness (QED) is 0.662. The van der Waals surface area contributed by atoms with Gasteiger partial charge in [-0.1, -0.05) is 25.9 Å². The summed E-state index contributed by atoms with van der Waals surface area (Å²) in [6.07, 6.45) is -0.446. The van der Waals surface area contributed by atoms with Gasteiger partial charge in [0.1, 0.15) is 6.17 Å². The summed E-state index contributed by atoms with van der Waals surface area (Å²) < 4.78 is 18.8. The van der Waals surface area contributed by atoms with Crippen molar-refractivity contribution in [2.24, 2.45) is 16.5 Å². The molecular formula is C12H18FNO3. The third kappa shape index (κ3) is 1.63. The van der Waals surface area contributed by atoms with Crippen LogP contribution < -0.4 is 0 Å². The fourth-order valence-electron chi connectivity index (χ4n) is 2.69. The molecule has 17 heavy (non-hydrogen) atoms. The first-order valence-corrected chi connectivity index (χ1v) is 5.82. The monoisotopic (exact) mass is 243 g/mol. The van der Waals surface area contributed by atoms with Crippen molar-refractivity contribution in [1.29, 1.82) is 0 Å². The van der Waals surface area contributed by atoms with Crippen LogP contribution in [0.5, 0.6) is 0 Å². The van der Waals surface area contributed by atoms with Crippen molar-refractivity contribution in [1.82, 2.24) is 0 Å². The Balaban J connectivity index is 2.38. The second-order valence-electron chi connectivity index (χ2n) is 5.73. The van der Waals surface area contributed by atoms with Gasteiger partial charge in [-0.15, -0.1) is 0 Å². The molecule has 1 aliphatic carbocycles. The number of esters is 1. The lowest BCUT2D eigenvalue weighted by Gasteiger charge is -2.28. The number of rotatable bonds is 1. The van der Waals surface area contributed by atoms with E-state index >= 15 is 0 Å². The van der Waals surface area contributed by atoms with Crippen LogP contribution in [0.3, 0.4) is 0 Å². The zero-order chi connectivity index (χ0) is 12.8. The van der Waals surface area contributed by atoms with Crippen LogP contribution in [-0.4, -0.2) is 30.6 Å². The van der Waals surface area contributed by atoms with E-state index in [0.717, 1.165) is 0 Å². The Morgan fingerprint density at radius 1 is 1.59 bits per heavy atom. The topological polar surface area (TPSA) is 47.9 Å². The molecule has 0 aromatic rings. The van der Waals surface area contributed by atoms with Gasteiger partial charge in [0.15, 0.2) is 0 Å². The molecule has 4 nitrogen and oxygen atoms in total. The molecule has 2 rings (SSSR count). The summed E-state index contributed by atoms with van der Waals surface area (Å²) in [5.74, 6) is -1.12. The average molecular weight is 243 g/mol. The Morgan fingerprint density at radius 3 is 2.76 bits per heavy atom. The lowest BCUT2D eigenvalue weighted by molar-refractivity contribution is -0.169. The van der Waals surface area contributed by atoms with E-state index in [0.29, 0.717) is 18.6 Å². The number of fused-ring (bicyclic) bond motifs is 1. The van der Waals surface area contributed by atoms with Crippen LogP contribution in [0.1, 0.15) is 33.6 Å². The molecule has 0 spiro atoms. The Kier molecular flexibility index (Phi) is 2.67. The standard InChI is InChI=1S/C12H18FNO3/c1-11(2,3)9-8-7(13)5-6-12(8,17-14-9)10(15)16-4/h7-8H,5-6H2,1-4H3. The smallest absolute Gasteiger partial charge is 0.353 e. The van der Waals surface area contributed by atoms with Gasteiger partial charge in [-0.25, -0.2) is 9.18 Å². The molecule has 1 heterocycles. The van der Waals surface area contributed by atoms with Gasteiger partial charge in [0, 0.05) is 11.8 Å². The lowest BCUT2D eigenvalue weighted by atomic mass is 9.76. The molecule has 0 saturated heterocycles. The maximum Gasteiger partial charge on any atom is 0.353 e. The summed E-state index contributed by atoms with van der Waals surface area (Å²) in [6.45, 7) is 5.81. The van der Waals surface area contributed by atoms with Gasteiger partial charge in [-0.05, 0) is 6.42 Å². The molecule has 0 aromatic heterocycles. The van der Waals surface area contributed by atoms with Gasteiger partial charge in [0.2, 0.25) is 5.60 Å². The molecule has 1 fully saturated rings. The summed E-state index contributed by atoms with van der Waals surface area (Å²) in [7, 11) is 1.29. The van der Waals surface area contributed by atoms with Crippen LogP contribution >= 0.6 is 0 Å². The van der Waals surface area contributed by atoms with Crippen LogP contribution in [0.2, 0.25) is 0 Å². The van der Waals surface area contributed by atoms with Crippen LogP contribution in [-0.2, 0) is 14.4 Å². The lowest BCUT2D eigenvalue weighted by Crippen LogP contribution is -2.47. The number of hydrogen-bond donors (Lipinski definition) is 0. The molecule has 1 saturated carbocycles. The largest absolute Gasteiger partial charge is 0.466 e. The Hall–Kier alpha value is -1.13. The molecule has 3 unspecified atom stereocenters. The molecule has 0 radical (unpaired) electrons. The Labute approximate surface area is 100 Å². The van der Waals surface area contributed by atoms with E-state index in [1.807, 2.05) is 20.8 Å². The number of halogens is 1. The van der Waals surface area contributed by atoms with Crippen molar-refractivity contribution >= 4 is 11.7 Å². The summed E-state index contributed by atoms with van der Waals surface area (Å²) in [6, 6.07) is 0. The summed E-state index contributed by atoms with van der Waals surface area (Å²) >= 11 is 0. The summed E-state index contributed by atoms with van der Waals surface area (Å²) in [5.41, 5.74) is -0.917. The number of nitrogens with zero attached hydrogens (tertiary/aromatic N) is 1. The third-order valence-corrected chi connectivity index (χ3v) is 3.56. The van der Waals surface area contributed by atoms with E-state index in [-0.39, 0.29) is 5.41 Å². The average Bonchev–Trinajstić information content (AvgIpc) is 2.76. The van der Waals surface area contributed by atoms with Gasteiger partial charge in [-0.3, -0.25) is 0 Å². The maximum absolute atomic E-state index is 14.0. The van der Waals surface area contributed by atoms with Gasteiger partial charge >= 0.3 is 5.97 Å². The van der Waals surface area contributed by atoms with Crippen LogP contribution in [0.25, 0.3) is 0 Å². The first-order valence-electron chi connectivity index (χ1n) is 5.82. The van der Waals surface area contributed by atoms with E-state index in [2.05, 4.69) is 5.16 Å².